The Morgan fingerprint density at radius 3 is 2.93 bits per heavy atom. The summed E-state index contributed by atoms with van der Waals surface area (Å²) in [5.41, 5.74) is 3.82. The minimum absolute atomic E-state index is 0.00972. The van der Waals surface area contributed by atoms with E-state index in [2.05, 4.69) is 22.1 Å². The number of carbonyl (C=O) groups excluding carboxylic acids is 2. The highest BCUT2D eigenvalue weighted by molar-refractivity contribution is 6.54. The van der Waals surface area contributed by atoms with Gasteiger partial charge in [-0.05, 0) is 36.8 Å². The maximum atomic E-state index is 12.7. The average molecular weight is 374 g/mol. The van der Waals surface area contributed by atoms with Crippen molar-refractivity contribution in [1.82, 2.24) is 0 Å². The molecular formula is C21H18N4O3. The highest BCUT2D eigenvalue weighted by atomic mass is 16.5. The summed E-state index contributed by atoms with van der Waals surface area (Å²) in [5.74, 6) is 0.209. The van der Waals surface area contributed by atoms with Crippen molar-refractivity contribution in [3.05, 3.63) is 66.2 Å². The molecule has 140 valence electrons. The third kappa shape index (κ3) is 3.07. The van der Waals surface area contributed by atoms with Gasteiger partial charge in [0.1, 0.15) is 5.75 Å². The molecule has 0 bridgehead atoms. The van der Waals surface area contributed by atoms with Crippen LogP contribution in [-0.2, 0) is 9.59 Å². The Bertz CT molecular complexity index is 1060. The molecule has 0 radical (unpaired) electrons. The van der Waals surface area contributed by atoms with Crippen LogP contribution in [0, 0.1) is 0 Å². The second-order valence-corrected chi connectivity index (χ2v) is 6.40. The Hall–Kier alpha value is -3.74. The summed E-state index contributed by atoms with van der Waals surface area (Å²) < 4.78 is 5.36. The largest absolute Gasteiger partial charge is 0.482 e. The minimum atomic E-state index is -0.205. The van der Waals surface area contributed by atoms with E-state index in [1.54, 1.807) is 30.0 Å². The maximum Gasteiger partial charge on any atom is 0.279 e. The minimum Gasteiger partial charge on any atom is -0.482 e. The third-order valence-electron chi connectivity index (χ3n) is 4.54. The number of nitrogens with zero attached hydrogens (tertiary/aromatic N) is 3. The SMILES string of the molecule is C=CCN1C(=O)/C(=N\N=C(\C)c2ccc3c(c2)NC(=O)CO3)c2ccccc21. The summed E-state index contributed by atoms with van der Waals surface area (Å²) in [5, 5.41) is 11.3. The smallest absolute Gasteiger partial charge is 0.279 e. The van der Waals surface area contributed by atoms with Gasteiger partial charge in [0, 0.05) is 12.1 Å². The van der Waals surface area contributed by atoms with Crippen molar-refractivity contribution in [3.8, 4) is 5.75 Å². The quantitative estimate of drug-likeness (QED) is 0.507. The Balaban J connectivity index is 1.67. The molecule has 0 saturated carbocycles. The van der Waals surface area contributed by atoms with Crippen molar-refractivity contribution < 1.29 is 14.3 Å². The Kier molecular flexibility index (Phi) is 4.49. The number of para-hydroxylation sites is 1. The summed E-state index contributed by atoms with van der Waals surface area (Å²) in [6, 6.07) is 12.9. The lowest BCUT2D eigenvalue weighted by Crippen LogP contribution is -2.30. The molecule has 2 aromatic rings. The van der Waals surface area contributed by atoms with Gasteiger partial charge in [0.15, 0.2) is 12.3 Å². The predicted molar refractivity (Wildman–Crippen MR) is 108 cm³/mol. The average Bonchev–Trinajstić information content (AvgIpc) is 2.97. The van der Waals surface area contributed by atoms with Crippen LogP contribution in [0.4, 0.5) is 11.4 Å². The van der Waals surface area contributed by atoms with Crippen LogP contribution in [0.15, 0.2) is 65.3 Å². The fraction of sp³-hybridized carbons (Fsp3) is 0.143. The second kappa shape index (κ2) is 7.11. The zero-order valence-corrected chi connectivity index (χ0v) is 15.3. The molecule has 0 saturated heterocycles. The van der Waals surface area contributed by atoms with Gasteiger partial charge in [-0.3, -0.25) is 9.59 Å². The first-order chi connectivity index (χ1) is 13.6. The molecule has 4 rings (SSSR count). The highest BCUT2D eigenvalue weighted by Crippen LogP contribution is 2.30. The summed E-state index contributed by atoms with van der Waals surface area (Å²) in [4.78, 5) is 25.9. The highest BCUT2D eigenvalue weighted by Gasteiger charge is 2.33. The topological polar surface area (TPSA) is 83.4 Å². The second-order valence-electron chi connectivity index (χ2n) is 6.40. The molecular weight excluding hydrogens is 356 g/mol. The fourth-order valence-corrected chi connectivity index (χ4v) is 3.16. The summed E-state index contributed by atoms with van der Waals surface area (Å²) in [6.45, 7) is 5.92. The van der Waals surface area contributed by atoms with Gasteiger partial charge in [0.25, 0.3) is 11.8 Å². The first kappa shape index (κ1) is 17.7. The van der Waals surface area contributed by atoms with Crippen LogP contribution in [0.2, 0.25) is 0 Å². The molecule has 7 heteroatoms. The van der Waals surface area contributed by atoms with Gasteiger partial charge in [0.2, 0.25) is 0 Å². The van der Waals surface area contributed by atoms with E-state index in [1.165, 1.54) is 0 Å². The number of ether oxygens (including phenoxy) is 1. The number of hydrogen-bond donors (Lipinski definition) is 1. The summed E-state index contributed by atoms with van der Waals surface area (Å²) in [7, 11) is 0. The maximum absolute atomic E-state index is 12.7. The number of hydrogen-bond acceptors (Lipinski definition) is 5. The van der Waals surface area contributed by atoms with E-state index < -0.39 is 0 Å². The third-order valence-corrected chi connectivity index (χ3v) is 4.54. The number of benzene rings is 2. The van der Waals surface area contributed by atoms with Gasteiger partial charge >= 0.3 is 0 Å². The van der Waals surface area contributed by atoms with Crippen LogP contribution in [-0.4, -0.2) is 36.4 Å². The van der Waals surface area contributed by atoms with E-state index in [9.17, 15) is 9.59 Å². The van der Waals surface area contributed by atoms with E-state index in [4.69, 9.17) is 4.74 Å². The van der Waals surface area contributed by atoms with Crippen molar-refractivity contribution in [1.29, 1.82) is 0 Å². The number of rotatable bonds is 4. The zero-order chi connectivity index (χ0) is 19.7. The van der Waals surface area contributed by atoms with E-state index >= 15 is 0 Å². The Morgan fingerprint density at radius 2 is 2.11 bits per heavy atom. The van der Waals surface area contributed by atoms with Crippen LogP contribution in [0.25, 0.3) is 0 Å². The molecule has 0 atom stereocenters. The number of anilines is 2. The van der Waals surface area contributed by atoms with Crippen molar-refractivity contribution in [2.45, 2.75) is 6.92 Å². The predicted octanol–water partition coefficient (Wildman–Crippen LogP) is 2.76. The van der Waals surface area contributed by atoms with Crippen LogP contribution in [0.5, 0.6) is 5.75 Å². The van der Waals surface area contributed by atoms with Gasteiger partial charge in [-0.1, -0.05) is 24.3 Å². The molecule has 2 aliphatic rings. The van der Waals surface area contributed by atoms with Gasteiger partial charge in [-0.2, -0.15) is 5.10 Å². The molecule has 0 fully saturated rings. The first-order valence-corrected chi connectivity index (χ1v) is 8.80. The molecule has 2 heterocycles. The molecule has 0 aliphatic carbocycles. The monoisotopic (exact) mass is 374 g/mol. The van der Waals surface area contributed by atoms with Gasteiger partial charge < -0.3 is 15.0 Å². The van der Waals surface area contributed by atoms with Crippen molar-refractivity contribution in [3.63, 3.8) is 0 Å². The lowest BCUT2D eigenvalue weighted by atomic mass is 10.1. The molecule has 0 unspecified atom stereocenters. The van der Waals surface area contributed by atoms with Crippen LogP contribution in [0.3, 0.4) is 0 Å². The molecule has 1 N–H and O–H groups in total. The molecule has 0 spiro atoms. The number of amides is 2. The fourth-order valence-electron chi connectivity index (χ4n) is 3.16. The number of carbonyl (C=O) groups is 2. The van der Waals surface area contributed by atoms with Crippen LogP contribution in [0.1, 0.15) is 18.1 Å². The lowest BCUT2D eigenvalue weighted by molar-refractivity contribution is -0.118. The first-order valence-electron chi connectivity index (χ1n) is 8.80. The zero-order valence-electron chi connectivity index (χ0n) is 15.3. The molecule has 7 nitrogen and oxygen atoms in total. The molecule has 2 aliphatic heterocycles. The van der Waals surface area contributed by atoms with E-state index in [1.807, 2.05) is 30.3 Å². The normalized spacial score (nSPS) is 17.1. The molecule has 2 aromatic carbocycles. The van der Waals surface area contributed by atoms with Crippen LogP contribution >= 0.6 is 0 Å². The van der Waals surface area contributed by atoms with E-state index in [-0.39, 0.29) is 18.4 Å². The van der Waals surface area contributed by atoms with E-state index in [0.29, 0.717) is 29.4 Å². The lowest BCUT2D eigenvalue weighted by Gasteiger charge is -2.18. The number of nitrogens with one attached hydrogen (secondary N) is 1. The van der Waals surface area contributed by atoms with Crippen molar-refractivity contribution in [2.75, 3.05) is 23.4 Å². The van der Waals surface area contributed by atoms with Crippen molar-refractivity contribution in [2.24, 2.45) is 10.2 Å². The van der Waals surface area contributed by atoms with Crippen molar-refractivity contribution >= 4 is 34.6 Å². The summed E-state index contributed by atoms with van der Waals surface area (Å²) in [6.07, 6.45) is 1.68. The molecule has 28 heavy (non-hydrogen) atoms. The van der Waals surface area contributed by atoms with Gasteiger partial charge in [-0.25, -0.2) is 0 Å². The number of fused-ring (bicyclic) bond motifs is 2. The van der Waals surface area contributed by atoms with Crippen LogP contribution < -0.4 is 15.0 Å². The standard InChI is InChI=1S/C21H18N4O3/c1-3-10-25-17-7-5-4-6-15(17)20(21(25)27)24-23-13(2)14-8-9-18-16(11-14)22-19(26)12-28-18/h3-9,11H,1,10,12H2,2H3,(H,22,26)/b23-13-,24-20-. The van der Waals surface area contributed by atoms with E-state index in [0.717, 1.165) is 16.8 Å². The Labute approximate surface area is 162 Å². The Morgan fingerprint density at radius 1 is 1.29 bits per heavy atom. The molecule has 0 aromatic heterocycles. The van der Waals surface area contributed by atoms with Gasteiger partial charge in [-0.15, -0.1) is 11.7 Å². The molecule has 2 amide bonds. The van der Waals surface area contributed by atoms with Gasteiger partial charge in [0.05, 0.1) is 17.1 Å². The summed E-state index contributed by atoms with van der Waals surface area (Å²) >= 11 is 0.